The lowest BCUT2D eigenvalue weighted by atomic mass is 10.1. The predicted octanol–water partition coefficient (Wildman–Crippen LogP) is 1.60. The van der Waals surface area contributed by atoms with Crippen LogP contribution in [-0.2, 0) is 4.79 Å². The van der Waals surface area contributed by atoms with Crippen LogP contribution in [0.5, 0.6) is 0 Å². The second kappa shape index (κ2) is 2.91. The Morgan fingerprint density at radius 1 is 1.55 bits per heavy atom. The molecule has 2 nitrogen and oxygen atoms in total. The Bertz CT molecular complexity index is 236. The average Bonchev–Trinajstić information content (AvgIpc) is 2.09. The number of amides is 1. The van der Waals surface area contributed by atoms with Gasteiger partial charge in [-0.1, -0.05) is 19.9 Å². The molecule has 0 aromatic carbocycles. The van der Waals surface area contributed by atoms with Crippen LogP contribution < -0.4 is 5.32 Å². The SMILES string of the molecule is CC1=CC(=O)NC1=CC(C)C. The van der Waals surface area contributed by atoms with Crippen LogP contribution in [0.3, 0.4) is 0 Å². The van der Waals surface area contributed by atoms with Gasteiger partial charge in [-0.3, -0.25) is 4.79 Å². The summed E-state index contributed by atoms with van der Waals surface area (Å²) in [4.78, 5) is 10.8. The van der Waals surface area contributed by atoms with Crippen LogP contribution in [0, 0.1) is 5.92 Å². The molecule has 0 radical (unpaired) electrons. The lowest BCUT2D eigenvalue weighted by Gasteiger charge is -2.02. The van der Waals surface area contributed by atoms with Gasteiger partial charge in [0.15, 0.2) is 0 Å². The first-order chi connectivity index (χ1) is 5.09. The second-order valence-electron chi connectivity index (χ2n) is 3.14. The quantitative estimate of drug-likeness (QED) is 0.606. The molecule has 1 aliphatic rings. The molecule has 11 heavy (non-hydrogen) atoms. The minimum Gasteiger partial charge on any atom is -0.323 e. The van der Waals surface area contributed by atoms with Crippen molar-refractivity contribution in [2.45, 2.75) is 20.8 Å². The molecule has 0 aromatic heterocycles. The monoisotopic (exact) mass is 151 g/mol. The molecular formula is C9H13NO. The standard InChI is InChI=1S/C9H13NO/c1-6(2)4-8-7(3)5-9(11)10-8/h4-6H,1-3H3,(H,10,11). The fraction of sp³-hybridized carbons (Fsp3) is 0.444. The average molecular weight is 151 g/mol. The van der Waals surface area contributed by atoms with Gasteiger partial charge in [-0.2, -0.15) is 0 Å². The lowest BCUT2D eigenvalue weighted by molar-refractivity contribution is -0.115. The summed E-state index contributed by atoms with van der Waals surface area (Å²) < 4.78 is 0. The van der Waals surface area contributed by atoms with Crippen LogP contribution in [0.2, 0.25) is 0 Å². The third-order valence-corrected chi connectivity index (χ3v) is 1.53. The van der Waals surface area contributed by atoms with Crippen molar-refractivity contribution >= 4 is 5.91 Å². The zero-order valence-electron chi connectivity index (χ0n) is 7.14. The van der Waals surface area contributed by atoms with Crippen LogP contribution in [0.1, 0.15) is 20.8 Å². The van der Waals surface area contributed by atoms with E-state index in [2.05, 4.69) is 25.2 Å². The van der Waals surface area contributed by atoms with E-state index in [1.54, 1.807) is 6.08 Å². The van der Waals surface area contributed by atoms with Gasteiger partial charge >= 0.3 is 0 Å². The normalized spacial score (nSPS) is 20.9. The van der Waals surface area contributed by atoms with Gasteiger partial charge in [-0.25, -0.2) is 0 Å². The first-order valence-corrected chi connectivity index (χ1v) is 3.81. The Labute approximate surface area is 67.0 Å². The molecule has 0 bridgehead atoms. The van der Waals surface area contributed by atoms with E-state index in [1.807, 2.05) is 6.92 Å². The molecule has 1 heterocycles. The Hall–Kier alpha value is -1.05. The third-order valence-electron chi connectivity index (χ3n) is 1.53. The summed E-state index contributed by atoms with van der Waals surface area (Å²) >= 11 is 0. The molecule has 0 atom stereocenters. The van der Waals surface area contributed by atoms with E-state index < -0.39 is 0 Å². The van der Waals surface area contributed by atoms with Gasteiger partial charge in [-0.15, -0.1) is 0 Å². The summed E-state index contributed by atoms with van der Waals surface area (Å²) in [5.74, 6) is 0.473. The van der Waals surface area contributed by atoms with E-state index in [0.717, 1.165) is 11.3 Å². The lowest BCUT2D eigenvalue weighted by Crippen LogP contribution is -2.13. The molecule has 1 N–H and O–H groups in total. The second-order valence-corrected chi connectivity index (χ2v) is 3.14. The number of allylic oxidation sites excluding steroid dienone is 2. The number of carbonyl (C=O) groups is 1. The van der Waals surface area contributed by atoms with Crippen LogP contribution >= 0.6 is 0 Å². The van der Waals surface area contributed by atoms with Gasteiger partial charge in [0.2, 0.25) is 5.91 Å². The van der Waals surface area contributed by atoms with Crippen molar-refractivity contribution in [2.75, 3.05) is 0 Å². The summed E-state index contributed by atoms with van der Waals surface area (Å²) in [6.07, 6.45) is 3.67. The van der Waals surface area contributed by atoms with Crippen LogP contribution in [-0.4, -0.2) is 5.91 Å². The van der Waals surface area contributed by atoms with E-state index >= 15 is 0 Å². The fourth-order valence-electron chi connectivity index (χ4n) is 1.05. The molecule has 0 spiro atoms. The van der Waals surface area contributed by atoms with Gasteiger partial charge in [0.1, 0.15) is 0 Å². The zero-order chi connectivity index (χ0) is 8.43. The Morgan fingerprint density at radius 2 is 2.18 bits per heavy atom. The van der Waals surface area contributed by atoms with Crippen LogP contribution in [0.4, 0.5) is 0 Å². The minimum atomic E-state index is -0.00519. The van der Waals surface area contributed by atoms with Gasteiger partial charge in [0.25, 0.3) is 0 Å². The van der Waals surface area contributed by atoms with Gasteiger partial charge in [0, 0.05) is 11.8 Å². The maximum atomic E-state index is 10.8. The molecule has 0 saturated carbocycles. The van der Waals surface area contributed by atoms with Crippen molar-refractivity contribution in [3.05, 3.63) is 23.4 Å². The Kier molecular flexibility index (Phi) is 2.13. The number of nitrogens with one attached hydrogen (secondary N) is 1. The maximum absolute atomic E-state index is 10.8. The molecule has 0 aromatic rings. The summed E-state index contributed by atoms with van der Waals surface area (Å²) in [7, 11) is 0. The van der Waals surface area contributed by atoms with Crippen molar-refractivity contribution in [3.63, 3.8) is 0 Å². The molecule has 2 heteroatoms. The molecule has 0 saturated heterocycles. The van der Waals surface area contributed by atoms with E-state index in [1.165, 1.54) is 0 Å². The molecule has 1 rings (SSSR count). The first-order valence-electron chi connectivity index (χ1n) is 3.81. The summed E-state index contributed by atoms with van der Waals surface area (Å²) in [5, 5.41) is 2.76. The third kappa shape index (κ3) is 1.93. The summed E-state index contributed by atoms with van der Waals surface area (Å²) in [6, 6.07) is 0. The fourth-order valence-corrected chi connectivity index (χ4v) is 1.05. The molecular weight excluding hydrogens is 138 g/mol. The molecule has 0 fully saturated rings. The summed E-state index contributed by atoms with van der Waals surface area (Å²) in [6.45, 7) is 6.11. The molecule has 0 unspecified atom stereocenters. The molecule has 0 aliphatic carbocycles. The van der Waals surface area contributed by atoms with Crippen LogP contribution in [0.15, 0.2) is 23.4 Å². The van der Waals surface area contributed by atoms with Crippen molar-refractivity contribution < 1.29 is 4.79 Å². The minimum absolute atomic E-state index is 0.00519. The van der Waals surface area contributed by atoms with E-state index in [-0.39, 0.29) is 5.91 Å². The molecule has 1 aliphatic heterocycles. The zero-order valence-corrected chi connectivity index (χ0v) is 7.14. The highest BCUT2D eigenvalue weighted by Crippen LogP contribution is 2.14. The Morgan fingerprint density at radius 3 is 2.55 bits per heavy atom. The highest BCUT2D eigenvalue weighted by atomic mass is 16.1. The molecule has 1 amide bonds. The number of hydrogen-bond acceptors (Lipinski definition) is 1. The highest BCUT2D eigenvalue weighted by molar-refractivity contribution is 5.94. The first kappa shape index (κ1) is 8.05. The van der Waals surface area contributed by atoms with Crippen molar-refractivity contribution in [2.24, 2.45) is 5.92 Å². The Balaban J connectivity index is 2.79. The van der Waals surface area contributed by atoms with Gasteiger partial charge in [0.05, 0.1) is 0 Å². The van der Waals surface area contributed by atoms with Crippen molar-refractivity contribution in [1.29, 1.82) is 0 Å². The van der Waals surface area contributed by atoms with E-state index in [4.69, 9.17) is 0 Å². The topological polar surface area (TPSA) is 29.1 Å². The van der Waals surface area contributed by atoms with Crippen LogP contribution in [0.25, 0.3) is 0 Å². The number of carbonyl (C=O) groups excluding carboxylic acids is 1. The largest absolute Gasteiger partial charge is 0.323 e. The van der Waals surface area contributed by atoms with Gasteiger partial charge in [-0.05, 0) is 18.4 Å². The molecule has 60 valence electrons. The highest BCUT2D eigenvalue weighted by Gasteiger charge is 2.12. The summed E-state index contributed by atoms with van der Waals surface area (Å²) in [5.41, 5.74) is 1.99. The predicted molar refractivity (Wildman–Crippen MR) is 44.8 cm³/mol. The van der Waals surface area contributed by atoms with E-state index in [0.29, 0.717) is 5.92 Å². The van der Waals surface area contributed by atoms with Gasteiger partial charge < -0.3 is 5.32 Å². The smallest absolute Gasteiger partial charge is 0.248 e. The number of hydrogen-bond donors (Lipinski definition) is 1. The number of rotatable bonds is 1. The van der Waals surface area contributed by atoms with Crippen molar-refractivity contribution in [3.8, 4) is 0 Å². The van der Waals surface area contributed by atoms with E-state index in [9.17, 15) is 4.79 Å². The van der Waals surface area contributed by atoms with Crippen molar-refractivity contribution in [1.82, 2.24) is 5.32 Å². The maximum Gasteiger partial charge on any atom is 0.248 e.